The van der Waals surface area contributed by atoms with E-state index in [2.05, 4.69) is 56.9 Å². The summed E-state index contributed by atoms with van der Waals surface area (Å²) >= 11 is 0. The Kier molecular flexibility index (Phi) is 5.46. The highest BCUT2D eigenvalue weighted by Gasteiger charge is 2.22. The molecule has 1 saturated heterocycles. The first-order valence-electron chi connectivity index (χ1n) is 10.3. The van der Waals surface area contributed by atoms with Gasteiger partial charge in [-0.3, -0.25) is 14.6 Å². The van der Waals surface area contributed by atoms with Crippen LogP contribution in [0.4, 0.5) is 0 Å². The van der Waals surface area contributed by atoms with Crippen molar-refractivity contribution in [3.63, 3.8) is 0 Å². The SMILES string of the molecule is CC(C)CC(=O)N1CCCC(Cn2ncc3cc(-c4cn[nH]c4)ccc32)CC1. The lowest BCUT2D eigenvalue weighted by Crippen LogP contribution is -2.32. The van der Waals surface area contributed by atoms with E-state index in [0.717, 1.165) is 55.4 Å². The van der Waals surface area contributed by atoms with E-state index in [9.17, 15) is 4.79 Å². The summed E-state index contributed by atoms with van der Waals surface area (Å²) in [6, 6.07) is 6.45. The van der Waals surface area contributed by atoms with Crippen molar-refractivity contribution in [1.82, 2.24) is 24.9 Å². The number of hydrogen-bond acceptors (Lipinski definition) is 3. The molecule has 1 atom stereocenters. The van der Waals surface area contributed by atoms with Crippen molar-refractivity contribution < 1.29 is 4.79 Å². The van der Waals surface area contributed by atoms with E-state index in [4.69, 9.17) is 0 Å². The number of nitrogens with one attached hydrogen (secondary N) is 1. The van der Waals surface area contributed by atoms with Crippen molar-refractivity contribution in [2.75, 3.05) is 13.1 Å². The van der Waals surface area contributed by atoms with Gasteiger partial charge in [-0.05, 0) is 48.8 Å². The molecule has 3 heterocycles. The highest BCUT2D eigenvalue weighted by Crippen LogP contribution is 2.26. The van der Waals surface area contributed by atoms with E-state index >= 15 is 0 Å². The molecule has 0 spiro atoms. The normalized spacial score (nSPS) is 18.0. The summed E-state index contributed by atoms with van der Waals surface area (Å²) in [5.74, 6) is 1.30. The Morgan fingerprint density at radius 2 is 2.11 bits per heavy atom. The Bertz CT molecular complexity index is 928. The maximum absolute atomic E-state index is 12.4. The molecule has 1 aliphatic rings. The predicted octanol–water partition coefficient (Wildman–Crippen LogP) is 4.10. The molecular weight excluding hydrogens is 350 g/mol. The van der Waals surface area contributed by atoms with Gasteiger partial charge in [0.05, 0.1) is 17.9 Å². The quantitative estimate of drug-likeness (QED) is 0.726. The minimum atomic E-state index is 0.312. The summed E-state index contributed by atoms with van der Waals surface area (Å²) in [7, 11) is 0. The van der Waals surface area contributed by atoms with Crippen molar-refractivity contribution in [2.45, 2.75) is 46.1 Å². The number of rotatable bonds is 5. The van der Waals surface area contributed by atoms with Crippen LogP contribution < -0.4 is 0 Å². The summed E-state index contributed by atoms with van der Waals surface area (Å²) in [4.78, 5) is 14.5. The molecule has 1 N–H and O–H groups in total. The third-order valence-corrected chi connectivity index (χ3v) is 5.69. The van der Waals surface area contributed by atoms with E-state index in [1.54, 1.807) is 0 Å². The average Bonchev–Trinajstić information content (AvgIpc) is 3.27. The highest BCUT2D eigenvalue weighted by molar-refractivity contribution is 5.84. The van der Waals surface area contributed by atoms with Gasteiger partial charge in [-0.25, -0.2) is 0 Å². The lowest BCUT2D eigenvalue weighted by atomic mass is 10.0. The number of nitrogens with zero attached hydrogens (tertiary/aromatic N) is 4. The molecule has 1 aromatic carbocycles. The van der Waals surface area contributed by atoms with Crippen molar-refractivity contribution in [1.29, 1.82) is 0 Å². The van der Waals surface area contributed by atoms with Crippen molar-refractivity contribution in [3.05, 3.63) is 36.8 Å². The molecule has 0 bridgehead atoms. The number of H-pyrrole nitrogens is 1. The van der Waals surface area contributed by atoms with Gasteiger partial charge in [0.2, 0.25) is 5.91 Å². The van der Waals surface area contributed by atoms with Gasteiger partial charge >= 0.3 is 0 Å². The first-order chi connectivity index (χ1) is 13.6. The molecule has 0 saturated carbocycles. The van der Waals surface area contributed by atoms with Crippen LogP contribution in [0.2, 0.25) is 0 Å². The molecule has 1 fully saturated rings. The first kappa shape index (κ1) is 18.7. The van der Waals surface area contributed by atoms with Gasteiger partial charge in [0, 0.05) is 43.2 Å². The first-order valence-corrected chi connectivity index (χ1v) is 10.3. The topological polar surface area (TPSA) is 66.8 Å². The van der Waals surface area contributed by atoms with Crippen LogP contribution in [0.15, 0.2) is 36.8 Å². The number of fused-ring (bicyclic) bond motifs is 1. The average molecular weight is 380 g/mol. The Morgan fingerprint density at radius 1 is 1.21 bits per heavy atom. The fourth-order valence-corrected chi connectivity index (χ4v) is 4.14. The second-order valence-electron chi connectivity index (χ2n) is 8.36. The smallest absolute Gasteiger partial charge is 0.222 e. The monoisotopic (exact) mass is 379 g/mol. The Balaban J connectivity index is 1.43. The van der Waals surface area contributed by atoms with Gasteiger partial charge < -0.3 is 4.90 Å². The second-order valence-corrected chi connectivity index (χ2v) is 8.36. The van der Waals surface area contributed by atoms with Crippen LogP contribution in [-0.4, -0.2) is 43.9 Å². The number of hydrogen-bond donors (Lipinski definition) is 1. The van der Waals surface area contributed by atoms with Gasteiger partial charge in [-0.15, -0.1) is 0 Å². The zero-order valence-corrected chi connectivity index (χ0v) is 16.8. The van der Waals surface area contributed by atoms with Crippen LogP contribution >= 0.6 is 0 Å². The van der Waals surface area contributed by atoms with Crippen molar-refractivity contribution in [3.8, 4) is 11.1 Å². The van der Waals surface area contributed by atoms with E-state index in [0.29, 0.717) is 24.2 Å². The number of carbonyl (C=O) groups is 1. The standard InChI is InChI=1S/C22H29N5O/c1-16(2)10-22(28)26-8-3-4-17(7-9-26)15-27-21-6-5-18(11-19(21)14-25-27)20-12-23-24-13-20/h5-6,11-14,16-17H,3-4,7-10,15H2,1-2H3,(H,23,24). The molecule has 6 nitrogen and oxygen atoms in total. The molecule has 1 aliphatic heterocycles. The van der Waals surface area contributed by atoms with Gasteiger partial charge in [-0.1, -0.05) is 19.9 Å². The number of carbonyl (C=O) groups excluding carboxylic acids is 1. The van der Waals surface area contributed by atoms with Crippen molar-refractivity contribution >= 4 is 16.8 Å². The largest absolute Gasteiger partial charge is 0.343 e. The zero-order valence-electron chi connectivity index (χ0n) is 16.8. The summed E-state index contributed by atoms with van der Waals surface area (Å²) in [6.07, 6.45) is 9.64. The van der Waals surface area contributed by atoms with Crippen LogP contribution in [0.25, 0.3) is 22.0 Å². The van der Waals surface area contributed by atoms with E-state index in [-0.39, 0.29) is 0 Å². The Morgan fingerprint density at radius 3 is 2.89 bits per heavy atom. The van der Waals surface area contributed by atoms with Crippen LogP contribution in [0.5, 0.6) is 0 Å². The Hall–Kier alpha value is -2.63. The minimum Gasteiger partial charge on any atom is -0.343 e. The molecular formula is C22H29N5O. The van der Waals surface area contributed by atoms with Gasteiger partial charge in [0.15, 0.2) is 0 Å². The van der Waals surface area contributed by atoms with Crippen LogP contribution in [0.1, 0.15) is 39.5 Å². The maximum atomic E-state index is 12.4. The molecule has 3 aromatic rings. The fraction of sp³-hybridized carbons (Fsp3) is 0.500. The molecule has 4 rings (SSSR count). The van der Waals surface area contributed by atoms with E-state index < -0.39 is 0 Å². The third-order valence-electron chi connectivity index (χ3n) is 5.69. The highest BCUT2D eigenvalue weighted by atomic mass is 16.2. The molecule has 0 aliphatic carbocycles. The summed E-state index contributed by atoms with van der Waals surface area (Å²) in [5.41, 5.74) is 3.41. The lowest BCUT2D eigenvalue weighted by Gasteiger charge is -2.21. The van der Waals surface area contributed by atoms with Crippen LogP contribution in [0.3, 0.4) is 0 Å². The lowest BCUT2D eigenvalue weighted by molar-refractivity contribution is -0.131. The van der Waals surface area contributed by atoms with Gasteiger partial charge in [0.25, 0.3) is 0 Å². The van der Waals surface area contributed by atoms with Crippen molar-refractivity contribution in [2.24, 2.45) is 11.8 Å². The van der Waals surface area contributed by atoms with Gasteiger partial charge in [0.1, 0.15) is 0 Å². The zero-order chi connectivity index (χ0) is 19.5. The molecule has 1 unspecified atom stereocenters. The summed E-state index contributed by atoms with van der Waals surface area (Å²) in [5, 5.41) is 12.7. The predicted molar refractivity (Wildman–Crippen MR) is 111 cm³/mol. The van der Waals surface area contributed by atoms with E-state index in [1.165, 1.54) is 5.52 Å². The molecule has 28 heavy (non-hydrogen) atoms. The molecule has 148 valence electrons. The second kappa shape index (κ2) is 8.17. The number of benzene rings is 1. The summed E-state index contributed by atoms with van der Waals surface area (Å²) < 4.78 is 2.13. The summed E-state index contributed by atoms with van der Waals surface area (Å²) in [6.45, 7) is 6.91. The molecule has 0 radical (unpaired) electrons. The van der Waals surface area contributed by atoms with Gasteiger partial charge in [-0.2, -0.15) is 10.2 Å². The number of aromatic amines is 1. The number of amides is 1. The van der Waals surface area contributed by atoms with E-state index in [1.807, 2.05) is 18.6 Å². The third kappa shape index (κ3) is 4.11. The molecule has 6 heteroatoms. The molecule has 1 amide bonds. The molecule has 2 aromatic heterocycles. The number of likely N-dealkylation sites (tertiary alicyclic amines) is 1. The van der Waals surface area contributed by atoms with Crippen LogP contribution in [-0.2, 0) is 11.3 Å². The minimum absolute atomic E-state index is 0.312. The Labute approximate surface area is 165 Å². The number of aromatic nitrogens is 4. The maximum Gasteiger partial charge on any atom is 0.222 e. The fourth-order valence-electron chi connectivity index (χ4n) is 4.14. The van der Waals surface area contributed by atoms with Crippen LogP contribution in [0, 0.1) is 11.8 Å².